The van der Waals surface area contributed by atoms with Crippen LogP contribution < -0.4 is 10.2 Å². The number of piperidine rings is 1. The van der Waals surface area contributed by atoms with Crippen LogP contribution in [0.5, 0.6) is 0 Å². The van der Waals surface area contributed by atoms with Gasteiger partial charge in [0, 0.05) is 31.0 Å². The zero-order valence-electron chi connectivity index (χ0n) is 10.8. The second-order valence-electron chi connectivity index (χ2n) is 5.30. The summed E-state index contributed by atoms with van der Waals surface area (Å²) in [7, 11) is 0. The third-order valence-electron chi connectivity index (χ3n) is 3.56. The van der Waals surface area contributed by atoms with Crippen LogP contribution in [0.4, 0.5) is 9.93 Å². The van der Waals surface area contributed by atoms with Crippen LogP contribution in [0.1, 0.15) is 13.8 Å². The number of nitrogens with zero attached hydrogens (tertiary/aromatic N) is 2. The average Bonchev–Trinajstić information content (AvgIpc) is 2.72. The summed E-state index contributed by atoms with van der Waals surface area (Å²) in [5.74, 6) is 1.09. The first-order chi connectivity index (χ1) is 9.04. The summed E-state index contributed by atoms with van der Waals surface area (Å²) in [6, 6.07) is 0.283. The topological polar surface area (TPSA) is 54.5 Å². The number of anilines is 1. The summed E-state index contributed by atoms with van der Waals surface area (Å²) in [6.45, 7) is 5.65. The number of halogens is 1. The van der Waals surface area contributed by atoms with Gasteiger partial charge in [0.2, 0.25) is 0 Å². The van der Waals surface area contributed by atoms with Crippen LogP contribution in [-0.4, -0.2) is 36.3 Å². The van der Waals surface area contributed by atoms with Crippen LogP contribution in [0.2, 0.25) is 0 Å². The number of rotatable bonds is 3. The summed E-state index contributed by atoms with van der Waals surface area (Å²) in [6.07, 6.45) is 1.47. The molecule has 0 radical (unpaired) electrons. The van der Waals surface area contributed by atoms with E-state index in [1.165, 1.54) is 0 Å². The van der Waals surface area contributed by atoms with E-state index in [1.54, 1.807) is 11.3 Å². The molecule has 104 valence electrons. The summed E-state index contributed by atoms with van der Waals surface area (Å²) in [4.78, 5) is 18.2. The summed E-state index contributed by atoms with van der Waals surface area (Å²) in [5.41, 5.74) is 0. The number of amides is 1. The van der Waals surface area contributed by atoms with E-state index >= 15 is 0 Å². The van der Waals surface area contributed by atoms with Gasteiger partial charge in [-0.2, -0.15) is 0 Å². The lowest BCUT2D eigenvalue weighted by molar-refractivity contribution is 0.114. The predicted molar refractivity (Wildman–Crippen MR) is 77.5 cm³/mol. The monoisotopic (exact) mass is 345 g/mol. The van der Waals surface area contributed by atoms with Crippen LogP contribution in [0.3, 0.4) is 0 Å². The van der Waals surface area contributed by atoms with Crippen molar-refractivity contribution < 1.29 is 9.53 Å². The van der Waals surface area contributed by atoms with Gasteiger partial charge >= 0.3 is 6.09 Å². The molecule has 2 fully saturated rings. The molecule has 5 nitrogen and oxygen atoms in total. The lowest BCUT2D eigenvalue weighted by Gasteiger charge is -2.19. The molecule has 1 amide bonds. The molecule has 1 saturated heterocycles. The Morgan fingerprint density at radius 2 is 2.26 bits per heavy atom. The Bertz CT molecular complexity index is 481. The van der Waals surface area contributed by atoms with Gasteiger partial charge in [0.1, 0.15) is 0 Å². The van der Waals surface area contributed by atoms with Gasteiger partial charge in [-0.25, -0.2) is 9.78 Å². The van der Waals surface area contributed by atoms with Gasteiger partial charge in [-0.1, -0.05) is 11.3 Å². The van der Waals surface area contributed by atoms with E-state index in [0.29, 0.717) is 11.8 Å². The molecule has 2 atom stereocenters. The molecule has 1 N–H and O–H groups in total. The minimum atomic E-state index is -0.294. The number of hydrogen-bond acceptors (Lipinski definition) is 5. The summed E-state index contributed by atoms with van der Waals surface area (Å²) < 4.78 is 6.15. The smallest absolute Gasteiger partial charge is 0.407 e. The first kappa shape index (κ1) is 13.2. The van der Waals surface area contributed by atoms with Crippen LogP contribution in [0.25, 0.3) is 0 Å². The lowest BCUT2D eigenvalue weighted by atomic mass is 10.4. The van der Waals surface area contributed by atoms with Gasteiger partial charge in [-0.05, 0) is 29.8 Å². The van der Waals surface area contributed by atoms with Crippen molar-refractivity contribution in [3.05, 3.63) is 9.98 Å². The third kappa shape index (κ3) is 2.72. The molecule has 2 aliphatic rings. The maximum absolute atomic E-state index is 11.5. The van der Waals surface area contributed by atoms with Crippen molar-refractivity contribution >= 4 is 38.5 Å². The molecular formula is C12H16BrN3O2S. The van der Waals surface area contributed by atoms with Crippen molar-refractivity contribution in [3.8, 4) is 0 Å². The molecular weight excluding hydrogens is 330 g/mol. The lowest BCUT2D eigenvalue weighted by Crippen LogP contribution is -2.35. The number of aromatic nitrogens is 1. The third-order valence-corrected chi connectivity index (χ3v) is 5.09. The zero-order valence-corrected chi connectivity index (χ0v) is 13.2. The van der Waals surface area contributed by atoms with E-state index in [1.807, 2.05) is 20.0 Å². The second kappa shape index (κ2) is 4.94. The fraction of sp³-hybridized carbons (Fsp3) is 0.667. The van der Waals surface area contributed by atoms with Crippen molar-refractivity contribution in [2.75, 3.05) is 18.0 Å². The van der Waals surface area contributed by atoms with Crippen molar-refractivity contribution in [1.29, 1.82) is 0 Å². The van der Waals surface area contributed by atoms with Gasteiger partial charge in [0.05, 0.1) is 16.1 Å². The van der Waals surface area contributed by atoms with Crippen LogP contribution >= 0.6 is 27.3 Å². The Morgan fingerprint density at radius 3 is 2.79 bits per heavy atom. The van der Waals surface area contributed by atoms with E-state index in [9.17, 15) is 4.79 Å². The van der Waals surface area contributed by atoms with Crippen molar-refractivity contribution in [2.24, 2.45) is 11.8 Å². The van der Waals surface area contributed by atoms with Crippen molar-refractivity contribution in [3.63, 3.8) is 0 Å². The standard InChI is InChI=1S/C12H16BrN3O2S/c1-6(2)18-12(17)15-10-7-4-16(5-8(7)10)11-14-3-9(13)19-11/h3,6-8,10H,4-5H2,1-2H3,(H,15,17). The highest BCUT2D eigenvalue weighted by Gasteiger charge is 2.57. The number of thiazole rings is 1. The molecule has 19 heavy (non-hydrogen) atoms. The molecule has 3 rings (SSSR count). The quantitative estimate of drug-likeness (QED) is 0.914. The van der Waals surface area contributed by atoms with Gasteiger partial charge in [-0.15, -0.1) is 0 Å². The second-order valence-corrected chi connectivity index (χ2v) is 7.69. The van der Waals surface area contributed by atoms with Crippen LogP contribution in [0, 0.1) is 11.8 Å². The van der Waals surface area contributed by atoms with Crippen LogP contribution in [-0.2, 0) is 4.74 Å². The predicted octanol–water partition coefficient (Wildman–Crippen LogP) is 2.47. The Balaban J connectivity index is 1.49. The molecule has 0 aromatic carbocycles. The first-order valence-electron chi connectivity index (χ1n) is 6.38. The largest absolute Gasteiger partial charge is 0.447 e. The highest BCUT2D eigenvalue weighted by molar-refractivity contribution is 9.11. The van der Waals surface area contributed by atoms with Gasteiger partial charge < -0.3 is 15.0 Å². The van der Waals surface area contributed by atoms with E-state index < -0.39 is 0 Å². The Kier molecular flexibility index (Phi) is 3.42. The fourth-order valence-corrected chi connectivity index (χ4v) is 3.87. The number of hydrogen-bond donors (Lipinski definition) is 1. The number of alkyl carbamates (subject to hydrolysis) is 1. The zero-order chi connectivity index (χ0) is 13.6. The summed E-state index contributed by atoms with van der Waals surface area (Å²) >= 11 is 5.08. The molecule has 0 spiro atoms. The molecule has 0 bridgehead atoms. The molecule has 1 aromatic rings. The summed E-state index contributed by atoms with van der Waals surface area (Å²) in [5, 5.41) is 4.01. The highest BCUT2D eigenvalue weighted by Crippen LogP contribution is 2.47. The van der Waals surface area contributed by atoms with Crippen molar-refractivity contribution in [1.82, 2.24) is 10.3 Å². The number of fused-ring (bicyclic) bond motifs is 1. The highest BCUT2D eigenvalue weighted by atomic mass is 79.9. The molecule has 1 aliphatic carbocycles. The molecule has 7 heteroatoms. The van der Waals surface area contributed by atoms with E-state index in [0.717, 1.165) is 22.0 Å². The van der Waals surface area contributed by atoms with E-state index in [-0.39, 0.29) is 18.2 Å². The number of ether oxygens (including phenoxy) is 1. The van der Waals surface area contributed by atoms with Crippen molar-refractivity contribution in [2.45, 2.75) is 26.0 Å². The molecule has 1 saturated carbocycles. The Hall–Kier alpha value is -0.820. The van der Waals surface area contributed by atoms with Gasteiger partial charge in [-0.3, -0.25) is 0 Å². The minimum Gasteiger partial charge on any atom is -0.447 e. The fourth-order valence-electron chi connectivity index (χ4n) is 2.67. The SMILES string of the molecule is CC(C)OC(=O)NC1C2CN(c3ncc(Br)s3)CC21. The maximum Gasteiger partial charge on any atom is 0.407 e. The Labute approximate surface area is 124 Å². The number of nitrogens with one attached hydrogen (secondary N) is 1. The van der Waals surface area contributed by atoms with E-state index in [4.69, 9.17) is 4.74 Å². The first-order valence-corrected chi connectivity index (χ1v) is 7.99. The molecule has 1 aromatic heterocycles. The molecule has 2 heterocycles. The van der Waals surface area contributed by atoms with Gasteiger partial charge in [0.15, 0.2) is 5.13 Å². The maximum atomic E-state index is 11.5. The molecule has 1 aliphatic heterocycles. The molecule has 2 unspecified atom stereocenters. The van der Waals surface area contributed by atoms with E-state index in [2.05, 4.69) is 31.1 Å². The number of carbonyl (C=O) groups is 1. The minimum absolute atomic E-state index is 0.0669. The number of carbonyl (C=O) groups excluding carboxylic acids is 1. The average molecular weight is 346 g/mol. The van der Waals surface area contributed by atoms with Gasteiger partial charge in [0.25, 0.3) is 0 Å². The van der Waals surface area contributed by atoms with Crippen LogP contribution in [0.15, 0.2) is 9.98 Å². The Morgan fingerprint density at radius 1 is 1.58 bits per heavy atom. The normalized spacial score (nSPS) is 28.4.